The number of thioether (sulfide) groups is 1. The van der Waals surface area contributed by atoms with Gasteiger partial charge in [-0.15, -0.1) is 0 Å². The number of hydrogen-bond donors (Lipinski definition) is 1. The summed E-state index contributed by atoms with van der Waals surface area (Å²) >= 11 is 0.709. The van der Waals surface area contributed by atoms with Crippen molar-refractivity contribution in [1.82, 2.24) is 4.90 Å². The van der Waals surface area contributed by atoms with Gasteiger partial charge in [-0.05, 0) is 55.1 Å². The fourth-order valence-corrected chi connectivity index (χ4v) is 3.92. The van der Waals surface area contributed by atoms with Crippen LogP contribution in [0, 0.1) is 5.82 Å². The molecule has 3 amide bonds. The van der Waals surface area contributed by atoms with Crippen molar-refractivity contribution in [2.45, 2.75) is 6.92 Å². The second kappa shape index (κ2) is 9.25. The fraction of sp³-hybridized carbons (Fsp3) is 0.0833. The molecule has 2 aromatic carbocycles. The van der Waals surface area contributed by atoms with Gasteiger partial charge >= 0.3 is 0 Å². The highest BCUT2D eigenvalue weighted by Gasteiger charge is 2.36. The molecule has 7 nitrogen and oxygen atoms in total. The number of nitrogens with one attached hydrogen (secondary N) is 1. The summed E-state index contributed by atoms with van der Waals surface area (Å²) in [6.45, 7) is 1.02. The third-order valence-electron chi connectivity index (χ3n) is 4.78. The summed E-state index contributed by atoms with van der Waals surface area (Å²) in [5, 5.41) is 1.94. The van der Waals surface area contributed by atoms with Crippen LogP contribution in [0.4, 0.5) is 14.9 Å². The van der Waals surface area contributed by atoms with E-state index >= 15 is 0 Å². The van der Waals surface area contributed by atoms with Crippen LogP contribution in [-0.2, 0) is 9.59 Å². The third kappa shape index (κ3) is 5.09. The first kappa shape index (κ1) is 22.2. The van der Waals surface area contributed by atoms with E-state index in [-0.39, 0.29) is 10.7 Å². The smallest absolute Gasteiger partial charge is 0.294 e. The molecule has 4 rings (SSSR count). The number of amides is 3. The molecule has 0 radical (unpaired) electrons. The Balaban J connectivity index is 1.43. The van der Waals surface area contributed by atoms with Crippen molar-refractivity contribution in [3.8, 4) is 11.3 Å². The standard InChI is InChI=1S/C24H17FN2O5S/c1-14(28)15-2-4-16(5-3-15)20-11-10-19(32-20)12-21-23(30)27(24(31)33-21)13-22(29)26-18-8-6-17(25)7-9-18/h2-12H,13H2,1H3,(H,26,29)/b21-12+. The molecule has 0 saturated carbocycles. The monoisotopic (exact) mass is 464 g/mol. The third-order valence-corrected chi connectivity index (χ3v) is 5.69. The molecule has 1 N–H and O–H groups in total. The number of hydrogen-bond acceptors (Lipinski definition) is 6. The molecule has 1 aliphatic heterocycles. The van der Waals surface area contributed by atoms with Gasteiger partial charge in [-0.2, -0.15) is 0 Å². The van der Waals surface area contributed by atoms with Crippen molar-refractivity contribution in [1.29, 1.82) is 0 Å². The summed E-state index contributed by atoms with van der Waals surface area (Å²) in [6, 6.07) is 15.4. The first-order valence-corrected chi connectivity index (χ1v) is 10.6. The van der Waals surface area contributed by atoms with E-state index < -0.39 is 29.4 Å². The number of carbonyl (C=O) groups is 4. The summed E-state index contributed by atoms with van der Waals surface area (Å²) in [7, 11) is 0. The van der Waals surface area contributed by atoms with Gasteiger partial charge in [-0.1, -0.05) is 24.3 Å². The van der Waals surface area contributed by atoms with Gasteiger partial charge in [0.05, 0.1) is 4.91 Å². The maximum Gasteiger partial charge on any atom is 0.294 e. The van der Waals surface area contributed by atoms with Crippen molar-refractivity contribution in [2.75, 3.05) is 11.9 Å². The van der Waals surface area contributed by atoms with Gasteiger partial charge < -0.3 is 9.73 Å². The second-order valence-corrected chi connectivity index (χ2v) is 8.15. The molecule has 3 aromatic rings. The highest BCUT2D eigenvalue weighted by Crippen LogP contribution is 2.33. The summed E-state index contributed by atoms with van der Waals surface area (Å²) < 4.78 is 18.7. The summed E-state index contributed by atoms with van der Waals surface area (Å²) in [4.78, 5) is 49.5. The number of benzene rings is 2. The van der Waals surface area contributed by atoms with E-state index in [0.29, 0.717) is 34.5 Å². The molecule has 166 valence electrons. The van der Waals surface area contributed by atoms with Gasteiger partial charge in [-0.25, -0.2) is 4.39 Å². The predicted octanol–water partition coefficient (Wildman–Crippen LogP) is 4.96. The first-order chi connectivity index (χ1) is 15.8. The Bertz CT molecular complexity index is 1280. The van der Waals surface area contributed by atoms with E-state index in [1.807, 2.05) is 0 Å². The molecule has 0 spiro atoms. The van der Waals surface area contributed by atoms with E-state index in [1.165, 1.54) is 37.3 Å². The predicted molar refractivity (Wildman–Crippen MR) is 122 cm³/mol. The Morgan fingerprint density at radius 2 is 1.73 bits per heavy atom. The average Bonchev–Trinajstić information content (AvgIpc) is 3.36. The molecule has 9 heteroatoms. The van der Waals surface area contributed by atoms with Gasteiger partial charge in [-0.3, -0.25) is 24.1 Å². The zero-order chi connectivity index (χ0) is 23.5. The molecule has 33 heavy (non-hydrogen) atoms. The van der Waals surface area contributed by atoms with E-state index in [2.05, 4.69) is 5.32 Å². The molecule has 1 aromatic heterocycles. The normalized spacial score (nSPS) is 14.7. The molecule has 2 heterocycles. The van der Waals surface area contributed by atoms with Crippen LogP contribution in [0.25, 0.3) is 17.4 Å². The molecule has 0 unspecified atom stereocenters. The van der Waals surface area contributed by atoms with Gasteiger partial charge in [0.1, 0.15) is 23.9 Å². The summed E-state index contributed by atoms with van der Waals surface area (Å²) in [5.41, 5.74) is 1.69. The lowest BCUT2D eigenvalue weighted by Gasteiger charge is -2.12. The second-order valence-electron chi connectivity index (χ2n) is 7.16. The lowest BCUT2D eigenvalue weighted by atomic mass is 10.1. The first-order valence-electron chi connectivity index (χ1n) is 9.82. The number of furan rings is 1. The molecule has 1 aliphatic rings. The van der Waals surface area contributed by atoms with Crippen LogP contribution in [-0.4, -0.2) is 34.3 Å². The minimum Gasteiger partial charge on any atom is -0.457 e. The Morgan fingerprint density at radius 3 is 2.39 bits per heavy atom. The van der Waals surface area contributed by atoms with Gasteiger partial charge in [0.2, 0.25) is 5.91 Å². The molecule has 0 aliphatic carbocycles. The Morgan fingerprint density at radius 1 is 1.03 bits per heavy atom. The van der Waals surface area contributed by atoms with E-state index in [9.17, 15) is 23.6 Å². The Kier molecular flexibility index (Phi) is 6.23. The topological polar surface area (TPSA) is 96.7 Å². The summed E-state index contributed by atoms with van der Waals surface area (Å²) in [5.74, 6) is -0.777. The lowest BCUT2D eigenvalue weighted by molar-refractivity contribution is -0.127. The van der Waals surface area contributed by atoms with Crippen LogP contribution in [0.2, 0.25) is 0 Å². The summed E-state index contributed by atoms with van der Waals surface area (Å²) in [6.07, 6.45) is 1.44. The highest BCUT2D eigenvalue weighted by molar-refractivity contribution is 8.18. The minimum absolute atomic E-state index is 0.0382. The van der Waals surface area contributed by atoms with Gasteiger partial charge in [0.25, 0.3) is 11.1 Å². The molecule has 1 saturated heterocycles. The van der Waals surface area contributed by atoms with Crippen molar-refractivity contribution in [3.05, 3.63) is 82.7 Å². The van der Waals surface area contributed by atoms with Crippen LogP contribution in [0.1, 0.15) is 23.0 Å². The number of carbonyl (C=O) groups excluding carboxylic acids is 4. The zero-order valence-electron chi connectivity index (χ0n) is 17.3. The molecular formula is C24H17FN2O5S. The molecule has 0 atom stereocenters. The van der Waals surface area contributed by atoms with Gasteiger partial charge in [0, 0.05) is 22.9 Å². The fourth-order valence-electron chi connectivity index (χ4n) is 3.10. The van der Waals surface area contributed by atoms with Crippen LogP contribution in [0.5, 0.6) is 0 Å². The highest BCUT2D eigenvalue weighted by atomic mass is 32.2. The van der Waals surface area contributed by atoms with E-state index in [0.717, 1.165) is 10.5 Å². The quantitative estimate of drug-likeness (QED) is 0.409. The largest absolute Gasteiger partial charge is 0.457 e. The van der Waals surface area contributed by atoms with Crippen molar-refractivity contribution in [2.24, 2.45) is 0 Å². The van der Waals surface area contributed by atoms with E-state index in [4.69, 9.17) is 4.42 Å². The SMILES string of the molecule is CC(=O)c1ccc(-c2ccc(/C=C3/SC(=O)N(CC(=O)Nc4ccc(F)cc4)C3=O)o2)cc1. The number of rotatable bonds is 6. The van der Waals surface area contributed by atoms with Crippen LogP contribution >= 0.6 is 11.8 Å². The maximum absolute atomic E-state index is 13.0. The number of nitrogens with zero attached hydrogens (tertiary/aromatic N) is 1. The number of halogens is 1. The molecule has 1 fully saturated rings. The zero-order valence-corrected chi connectivity index (χ0v) is 18.1. The van der Waals surface area contributed by atoms with E-state index in [1.54, 1.807) is 36.4 Å². The van der Waals surface area contributed by atoms with Gasteiger partial charge in [0.15, 0.2) is 5.78 Å². The van der Waals surface area contributed by atoms with Crippen molar-refractivity contribution in [3.63, 3.8) is 0 Å². The lowest BCUT2D eigenvalue weighted by Crippen LogP contribution is -2.36. The average molecular weight is 464 g/mol. The van der Waals surface area contributed by atoms with Crippen LogP contribution < -0.4 is 5.32 Å². The minimum atomic E-state index is -0.608. The number of imide groups is 1. The van der Waals surface area contributed by atoms with Crippen LogP contribution in [0.15, 0.2) is 70.0 Å². The van der Waals surface area contributed by atoms with Crippen molar-refractivity contribution < 1.29 is 28.0 Å². The number of anilines is 1. The van der Waals surface area contributed by atoms with Crippen molar-refractivity contribution >= 4 is 46.4 Å². The molecule has 0 bridgehead atoms. The number of ketones is 1. The maximum atomic E-state index is 13.0. The van der Waals surface area contributed by atoms with Crippen LogP contribution in [0.3, 0.4) is 0 Å². The Labute approximate surface area is 192 Å². The molecular weight excluding hydrogens is 447 g/mol. The number of Topliss-reactive ketones (excluding diaryl/α,β-unsaturated/α-hetero) is 1. The Hall–Kier alpha value is -3.98.